The SMILES string of the molecule is CCOc1cc(Br)c(C=NNC(=O)/C(=C\c2cc(OC)ccc2OC)NC(=O)c2ccccc2)cc1OCC. The summed E-state index contributed by atoms with van der Waals surface area (Å²) in [5.74, 6) is 1.08. The zero-order valence-corrected chi connectivity index (χ0v) is 23.7. The first-order valence-electron chi connectivity index (χ1n) is 12.1. The average molecular weight is 596 g/mol. The number of hydrazone groups is 1. The Morgan fingerprint density at radius 3 is 2.21 bits per heavy atom. The summed E-state index contributed by atoms with van der Waals surface area (Å²) in [4.78, 5) is 26.1. The molecule has 3 aromatic rings. The predicted molar refractivity (Wildman–Crippen MR) is 154 cm³/mol. The fraction of sp³-hybridized carbons (Fsp3) is 0.207. The van der Waals surface area contributed by atoms with Crippen LogP contribution < -0.4 is 29.7 Å². The molecule has 0 aliphatic heterocycles. The highest BCUT2D eigenvalue weighted by molar-refractivity contribution is 9.10. The summed E-state index contributed by atoms with van der Waals surface area (Å²) in [5.41, 5.74) is 3.99. The summed E-state index contributed by atoms with van der Waals surface area (Å²) in [5, 5.41) is 6.77. The highest BCUT2D eigenvalue weighted by Crippen LogP contribution is 2.33. The third-order valence-electron chi connectivity index (χ3n) is 5.30. The van der Waals surface area contributed by atoms with Crippen LogP contribution >= 0.6 is 15.9 Å². The summed E-state index contributed by atoms with van der Waals surface area (Å²) < 4.78 is 22.7. The molecule has 0 bridgehead atoms. The molecule has 39 heavy (non-hydrogen) atoms. The molecule has 0 aliphatic rings. The predicted octanol–water partition coefficient (Wildman–Crippen LogP) is 5.18. The van der Waals surface area contributed by atoms with Gasteiger partial charge in [-0.25, -0.2) is 5.43 Å². The molecule has 0 unspecified atom stereocenters. The van der Waals surface area contributed by atoms with Crippen LogP contribution in [-0.2, 0) is 4.79 Å². The number of hydrogen-bond acceptors (Lipinski definition) is 7. The molecule has 2 N–H and O–H groups in total. The first kappa shape index (κ1) is 29.2. The lowest BCUT2D eigenvalue weighted by Gasteiger charge is -2.13. The Kier molecular flexibility index (Phi) is 10.9. The molecule has 0 saturated carbocycles. The Bertz CT molecular complexity index is 1360. The quantitative estimate of drug-likeness (QED) is 0.170. The second-order valence-corrected chi connectivity index (χ2v) is 8.73. The number of carbonyl (C=O) groups is 2. The minimum atomic E-state index is -0.646. The van der Waals surface area contributed by atoms with Crippen molar-refractivity contribution in [2.75, 3.05) is 27.4 Å². The number of rotatable bonds is 12. The van der Waals surface area contributed by atoms with E-state index in [1.807, 2.05) is 13.8 Å². The summed E-state index contributed by atoms with van der Waals surface area (Å²) in [6.07, 6.45) is 2.95. The topological polar surface area (TPSA) is 107 Å². The molecule has 3 rings (SSSR count). The third-order valence-corrected chi connectivity index (χ3v) is 5.98. The van der Waals surface area contributed by atoms with E-state index in [4.69, 9.17) is 18.9 Å². The van der Waals surface area contributed by atoms with Crippen LogP contribution in [0.5, 0.6) is 23.0 Å². The highest BCUT2D eigenvalue weighted by Gasteiger charge is 2.16. The highest BCUT2D eigenvalue weighted by atomic mass is 79.9. The van der Waals surface area contributed by atoms with Crippen molar-refractivity contribution >= 4 is 40.0 Å². The maximum Gasteiger partial charge on any atom is 0.287 e. The molecule has 3 aromatic carbocycles. The average Bonchev–Trinajstić information content (AvgIpc) is 2.95. The summed E-state index contributed by atoms with van der Waals surface area (Å²) in [6.45, 7) is 4.70. The molecule has 2 amide bonds. The van der Waals surface area contributed by atoms with Gasteiger partial charge in [0.15, 0.2) is 11.5 Å². The van der Waals surface area contributed by atoms with Crippen LogP contribution in [0.25, 0.3) is 6.08 Å². The molecule has 0 heterocycles. The van der Waals surface area contributed by atoms with Gasteiger partial charge in [-0.15, -0.1) is 0 Å². The Balaban J connectivity index is 1.91. The van der Waals surface area contributed by atoms with E-state index in [0.29, 0.717) is 57.4 Å². The maximum atomic E-state index is 13.2. The van der Waals surface area contributed by atoms with Gasteiger partial charge >= 0.3 is 0 Å². The van der Waals surface area contributed by atoms with Crippen LogP contribution in [0, 0.1) is 0 Å². The summed E-state index contributed by atoms with van der Waals surface area (Å²) in [7, 11) is 3.04. The van der Waals surface area contributed by atoms with E-state index in [2.05, 4.69) is 31.8 Å². The maximum absolute atomic E-state index is 13.2. The van der Waals surface area contributed by atoms with Crippen molar-refractivity contribution in [3.05, 3.63) is 87.5 Å². The molecule has 0 fully saturated rings. The van der Waals surface area contributed by atoms with Gasteiger partial charge in [-0.3, -0.25) is 9.59 Å². The largest absolute Gasteiger partial charge is 0.497 e. The molecule has 10 heteroatoms. The molecule has 9 nitrogen and oxygen atoms in total. The van der Waals surface area contributed by atoms with E-state index < -0.39 is 11.8 Å². The van der Waals surface area contributed by atoms with Crippen molar-refractivity contribution in [3.63, 3.8) is 0 Å². The molecule has 0 radical (unpaired) electrons. The molecule has 0 saturated heterocycles. The monoisotopic (exact) mass is 595 g/mol. The van der Waals surface area contributed by atoms with Crippen molar-refractivity contribution in [1.82, 2.24) is 10.7 Å². The van der Waals surface area contributed by atoms with Gasteiger partial charge in [-0.1, -0.05) is 18.2 Å². The lowest BCUT2D eigenvalue weighted by molar-refractivity contribution is -0.117. The smallest absolute Gasteiger partial charge is 0.287 e. The third kappa shape index (κ3) is 8.08. The first-order valence-corrected chi connectivity index (χ1v) is 12.9. The van der Waals surface area contributed by atoms with Gasteiger partial charge in [-0.2, -0.15) is 5.10 Å². The van der Waals surface area contributed by atoms with Crippen LogP contribution in [0.4, 0.5) is 0 Å². The molecule has 0 aliphatic carbocycles. The van der Waals surface area contributed by atoms with Crippen LogP contribution in [0.3, 0.4) is 0 Å². The van der Waals surface area contributed by atoms with Crippen molar-refractivity contribution in [2.45, 2.75) is 13.8 Å². The van der Waals surface area contributed by atoms with Crippen molar-refractivity contribution in [3.8, 4) is 23.0 Å². The molecule has 0 spiro atoms. The van der Waals surface area contributed by atoms with Crippen molar-refractivity contribution in [2.24, 2.45) is 5.10 Å². The fourth-order valence-electron chi connectivity index (χ4n) is 3.46. The van der Waals surface area contributed by atoms with E-state index in [1.54, 1.807) is 60.7 Å². The van der Waals surface area contributed by atoms with Crippen LogP contribution in [-0.4, -0.2) is 45.5 Å². The van der Waals surface area contributed by atoms with E-state index >= 15 is 0 Å². The van der Waals surface area contributed by atoms with Gasteiger partial charge < -0.3 is 24.3 Å². The van der Waals surface area contributed by atoms with Gasteiger partial charge in [-0.05, 0) is 78.3 Å². The van der Waals surface area contributed by atoms with Gasteiger partial charge in [0.1, 0.15) is 17.2 Å². The number of benzene rings is 3. The van der Waals surface area contributed by atoms with Gasteiger partial charge in [0, 0.05) is 21.2 Å². The molecular formula is C29H30BrN3O6. The number of nitrogens with zero attached hydrogens (tertiary/aromatic N) is 1. The number of methoxy groups -OCH3 is 2. The number of halogens is 1. The van der Waals surface area contributed by atoms with Gasteiger partial charge in [0.05, 0.1) is 33.6 Å². The second kappa shape index (κ2) is 14.6. The van der Waals surface area contributed by atoms with E-state index in [0.717, 1.165) is 0 Å². The molecular weight excluding hydrogens is 566 g/mol. The van der Waals surface area contributed by atoms with Crippen LogP contribution in [0.15, 0.2) is 75.9 Å². The van der Waals surface area contributed by atoms with Crippen LogP contribution in [0.1, 0.15) is 35.3 Å². The Morgan fingerprint density at radius 1 is 0.872 bits per heavy atom. The number of amides is 2. The molecule has 0 atom stereocenters. The van der Waals surface area contributed by atoms with Crippen LogP contribution in [0.2, 0.25) is 0 Å². The van der Waals surface area contributed by atoms with Gasteiger partial charge in [0.25, 0.3) is 11.8 Å². The summed E-state index contributed by atoms with van der Waals surface area (Å²) >= 11 is 3.50. The lowest BCUT2D eigenvalue weighted by atomic mass is 10.1. The zero-order chi connectivity index (χ0) is 28.2. The normalized spacial score (nSPS) is 11.2. The number of ether oxygens (including phenoxy) is 4. The Labute approximate surface area is 235 Å². The second-order valence-electron chi connectivity index (χ2n) is 7.87. The van der Waals surface area contributed by atoms with Crippen molar-refractivity contribution in [1.29, 1.82) is 0 Å². The fourth-order valence-corrected chi connectivity index (χ4v) is 3.88. The molecule has 0 aromatic heterocycles. The van der Waals surface area contributed by atoms with Gasteiger partial charge in [0.2, 0.25) is 0 Å². The first-order chi connectivity index (χ1) is 18.9. The Morgan fingerprint density at radius 2 is 1.56 bits per heavy atom. The number of hydrogen-bond donors (Lipinski definition) is 2. The molecule has 204 valence electrons. The minimum absolute atomic E-state index is 0.0479. The van der Waals surface area contributed by atoms with E-state index in [9.17, 15) is 9.59 Å². The zero-order valence-electron chi connectivity index (χ0n) is 22.1. The minimum Gasteiger partial charge on any atom is -0.497 e. The number of carbonyl (C=O) groups excluding carboxylic acids is 2. The lowest BCUT2D eigenvalue weighted by Crippen LogP contribution is -2.32. The standard InChI is InChI=1S/C29H30BrN3O6/c1-5-38-26-16-21(23(30)17-27(26)39-6-2)18-31-33-29(35)24(32-28(34)19-10-8-7-9-11-19)15-20-14-22(36-3)12-13-25(20)37-4/h7-18H,5-6H2,1-4H3,(H,32,34)(H,33,35)/b24-15+,31-18?. The van der Waals surface area contributed by atoms with Crippen molar-refractivity contribution < 1.29 is 28.5 Å². The van der Waals surface area contributed by atoms with E-state index in [-0.39, 0.29) is 5.70 Å². The van der Waals surface area contributed by atoms with E-state index in [1.165, 1.54) is 26.5 Å². The Hall–Kier alpha value is -4.31. The summed E-state index contributed by atoms with van der Waals surface area (Å²) in [6, 6.07) is 17.2. The number of nitrogens with one attached hydrogen (secondary N) is 2.